The van der Waals surface area contributed by atoms with Crippen LogP contribution in [0.2, 0.25) is 0 Å². The van der Waals surface area contributed by atoms with Gasteiger partial charge in [-0.2, -0.15) is 5.10 Å². The summed E-state index contributed by atoms with van der Waals surface area (Å²) in [5, 5.41) is 8.83. The van der Waals surface area contributed by atoms with Crippen LogP contribution in [0.4, 0.5) is 5.82 Å². The molecule has 0 atom stereocenters. The summed E-state index contributed by atoms with van der Waals surface area (Å²) in [6.07, 6.45) is 6.74. The average molecular weight is 484 g/mol. The van der Waals surface area contributed by atoms with Crippen molar-refractivity contribution in [3.05, 3.63) is 46.8 Å². The van der Waals surface area contributed by atoms with Gasteiger partial charge >= 0.3 is 0 Å². The lowest BCUT2D eigenvalue weighted by Gasteiger charge is -2.44. The number of anilines is 1. The zero-order chi connectivity index (χ0) is 21.4. The second-order valence-electron chi connectivity index (χ2n) is 8.37. The third kappa shape index (κ3) is 3.80. The molecule has 1 saturated carbocycles. The van der Waals surface area contributed by atoms with Gasteiger partial charge in [0.1, 0.15) is 12.1 Å². The van der Waals surface area contributed by atoms with Gasteiger partial charge in [0.15, 0.2) is 5.65 Å². The van der Waals surface area contributed by atoms with Crippen LogP contribution in [-0.4, -0.2) is 63.3 Å². The number of nitrogens with one attached hydrogen (secondary N) is 1. The molecule has 1 saturated heterocycles. The van der Waals surface area contributed by atoms with Gasteiger partial charge in [-0.3, -0.25) is 14.8 Å². The highest BCUT2D eigenvalue weighted by atomic mass is 79.9. The van der Waals surface area contributed by atoms with Gasteiger partial charge in [-0.25, -0.2) is 9.97 Å². The van der Waals surface area contributed by atoms with E-state index in [0.29, 0.717) is 19.6 Å². The van der Waals surface area contributed by atoms with Crippen LogP contribution in [0, 0.1) is 0 Å². The molecule has 9 heteroatoms. The fourth-order valence-corrected chi connectivity index (χ4v) is 4.86. The number of amides is 1. The summed E-state index contributed by atoms with van der Waals surface area (Å²) in [5.74, 6) is 1.06. The number of hydrogen-bond acceptors (Lipinski definition) is 6. The molecule has 0 unspecified atom stereocenters. The van der Waals surface area contributed by atoms with Crippen molar-refractivity contribution in [3.63, 3.8) is 0 Å². The smallest absolute Gasteiger partial charge is 0.236 e. The molecular weight excluding hydrogens is 458 g/mol. The molecule has 1 aliphatic carbocycles. The van der Waals surface area contributed by atoms with Gasteiger partial charge in [0, 0.05) is 43.2 Å². The summed E-state index contributed by atoms with van der Waals surface area (Å²) >= 11 is 3.50. The molecule has 2 aliphatic rings. The zero-order valence-corrected chi connectivity index (χ0v) is 19.2. The molecule has 0 radical (unpaired) electrons. The molecule has 1 aliphatic heterocycles. The first kappa shape index (κ1) is 20.4. The van der Waals surface area contributed by atoms with E-state index in [1.165, 1.54) is 12.0 Å². The van der Waals surface area contributed by atoms with Gasteiger partial charge in [-0.15, -0.1) is 0 Å². The molecule has 2 aromatic heterocycles. The molecule has 3 heterocycles. The Bertz CT molecular complexity index is 1080. The molecule has 0 bridgehead atoms. The average Bonchev–Trinajstić information content (AvgIpc) is 3.15. The maximum absolute atomic E-state index is 12.9. The second-order valence-corrected chi connectivity index (χ2v) is 9.28. The number of piperazine rings is 1. The molecule has 1 N–H and O–H groups in total. The molecule has 1 amide bonds. The van der Waals surface area contributed by atoms with Crippen molar-refractivity contribution in [2.45, 2.75) is 24.8 Å². The van der Waals surface area contributed by atoms with Gasteiger partial charge in [-0.05, 0) is 37.0 Å². The van der Waals surface area contributed by atoms with E-state index >= 15 is 0 Å². The summed E-state index contributed by atoms with van der Waals surface area (Å²) < 4.78 is 2.83. The van der Waals surface area contributed by atoms with Crippen LogP contribution >= 0.6 is 15.9 Å². The first-order chi connectivity index (χ1) is 15.1. The molecular formula is C22H26BrN7O. The van der Waals surface area contributed by atoms with Gasteiger partial charge < -0.3 is 9.80 Å². The zero-order valence-electron chi connectivity index (χ0n) is 17.6. The largest absolute Gasteiger partial charge is 0.352 e. The fourth-order valence-electron chi connectivity index (χ4n) is 4.59. The Balaban J connectivity index is 1.20. The summed E-state index contributed by atoms with van der Waals surface area (Å²) in [7, 11) is 1.88. The predicted octanol–water partition coefficient (Wildman–Crippen LogP) is 2.44. The van der Waals surface area contributed by atoms with E-state index in [1.54, 1.807) is 11.0 Å². The topological polar surface area (TPSA) is 79.2 Å². The molecule has 3 aromatic rings. The van der Waals surface area contributed by atoms with Crippen LogP contribution < -0.4 is 10.2 Å². The minimum atomic E-state index is -0.0644. The van der Waals surface area contributed by atoms with Crippen LogP contribution in [0.3, 0.4) is 0 Å². The van der Waals surface area contributed by atoms with Crippen LogP contribution in [0.1, 0.15) is 24.8 Å². The molecule has 31 heavy (non-hydrogen) atoms. The lowest BCUT2D eigenvalue weighted by atomic mass is 9.72. The minimum absolute atomic E-state index is 0.0644. The summed E-state index contributed by atoms with van der Waals surface area (Å²) in [5.41, 5.74) is 2.03. The lowest BCUT2D eigenvalue weighted by Crippen LogP contribution is -2.55. The molecule has 0 spiro atoms. The number of aryl methyl sites for hydroxylation is 1. The number of carbonyl (C=O) groups is 1. The normalized spacial score (nSPS) is 18.3. The maximum atomic E-state index is 12.9. The van der Waals surface area contributed by atoms with Gasteiger partial charge in [0.2, 0.25) is 5.91 Å². The minimum Gasteiger partial charge on any atom is -0.352 e. The standard InChI is InChI=1S/C22H26BrN7O/c1-28-20-18(13-27-28)21(25-15-24-20)30-11-9-29(10-12-30)19(31)14-26-22(7-2-8-22)16-3-5-17(23)6-4-16/h3-6,13,15,26H,2,7-12,14H2,1H3. The van der Waals surface area contributed by atoms with Crippen LogP contribution in [0.5, 0.6) is 0 Å². The van der Waals surface area contributed by atoms with Crippen molar-refractivity contribution in [1.29, 1.82) is 0 Å². The Morgan fingerprint density at radius 1 is 1.13 bits per heavy atom. The maximum Gasteiger partial charge on any atom is 0.236 e. The Kier molecular flexibility index (Phi) is 5.39. The predicted molar refractivity (Wildman–Crippen MR) is 123 cm³/mol. The summed E-state index contributed by atoms with van der Waals surface area (Å²) in [4.78, 5) is 25.9. The number of aromatic nitrogens is 4. The Morgan fingerprint density at radius 2 is 1.87 bits per heavy atom. The molecule has 162 valence electrons. The van der Waals surface area contributed by atoms with Crippen LogP contribution in [-0.2, 0) is 17.4 Å². The van der Waals surface area contributed by atoms with Crippen molar-refractivity contribution in [1.82, 2.24) is 30.0 Å². The Hall–Kier alpha value is -2.52. The second kappa shape index (κ2) is 8.20. The highest BCUT2D eigenvalue weighted by molar-refractivity contribution is 9.10. The lowest BCUT2D eigenvalue weighted by molar-refractivity contribution is -0.131. The van der Waals surface area contributed by atoms with E-state index in [-0.39, 0.29) is 11.4 Å². The molecule has 8 nitrogen and oxygen atoms in total. The Morgan fingerprint density at radius 3 is 2.55 bits per heavy atom. The number of carbonyl (C=O) groups excluding carboxylic acids is 1. The number of fused-ring (bicyclic) bond motifs is 1. The first-order valence-corrected chi connectivity index (χ1v) is 11.5. The number of rotatable bonds is 5. The number of benzene rings is 1. The van der Waals surface area contributed by atoms with E-state index in [2.05, 4.69) is 65.5 Å². The highest BCUT2D eigenvalue weighted by Gasteiger charge is 2.39. The summed E-state index contributed by atoms with van der Waals surface area (Å²) in [6.45, 7) is 3.26. The number of halogens is 1. The van der Waals surface area contributed by atoms with Gasteiger partial charge in [-0.1, -0.05) is 28.1 Å². The van der Waals surface area contributed by atoms with E-state index in [1.807, 2.05) is 18.1 Å². The molecule has 2 fully saturated rings. The Labute approximate surface area is 189 Å². The number of nitrogens with zero attached hydrogens (tertiary/aromatic N) is 6. The SMILES string of the molecule is Cn1ncc2c(N3CCN(C(=O)CNC4(c5ccc(Br)cc5)CCC4)CC3)ncnc21. The van der Waals surface area contributed by atoms with Gasteiger partial charge in [0.05, 0.1) is 18.1 Å². The van der Waals surface area contributed by atoms with Gasteiger partial charge in [0.25, 0.3) is 0 Å². The third-order valence-corrected chi connectivity index (χ3v) is 7.15. The first-order valence-electron chi connectivity index (χ1n) is 10.7. The van der Waals surface area contributed by atoms with E-state index in [4.69, 9.17) is 0 Å². The fraction of sp³-hybridized carbons (Fsp3) is 0.455. The van der Waals surface area contributed by atoms with Crippen LogP contribution in [0.15, 0.2) is 41.3 Å². The third-order valence-electron chi connectivity index (χ3n) is 6.62. The molecule has 1 aromatic carbocycles. The van der Waals surface area contributed by atoms with E-state index in [9.17, 15) is 4.79 Å². The van der Waals surface area contributed by atoms with Crippen molar-refractivity contribution >= 4 is 38.7 Å². The van der Waals surface area contributed by atoms with Crippen LogP contribution in [0.25, 0.3) is 11.0 Å². The van der Waals surface area contributed by atoms with Crippen molar-refractivity contribution in [2.24, 2.45) is 7.05 Å². The number of hydrogen-bond donors (Lipinski definition) is 1. The summed E-state index contributed by atoms with van der Waals surface area (Å²) in [6, 6.07) is 8.45. The van der Waals surface area contributed by atoms with Crippen molar-refractivity contribution < 1.29 is 4.79 Å². The monoisotopic (exact) mass is 483 g/mol. The van der Waals surface area contributed by atoms with Crippen molar-refractivity contribution in [2.75, 3.05) is 37.6 Å². The van der Waals surface area contributed by atoms with E-state index < -0.39 is 0 Å². The van der Waals surface area contributed by atoms with Crippen molar-refractivity contribution in [3.8, 4) is 0 Å². The quantitative estimate of drug-likeness (QED) is 0.600. The highest BCUT2D eigenvalue weighted by Crippen LogP contribution is 2.41. The van der Waals surface area contributed by atoms with E-state index in [0.717, 1.165) is 47.3 Å². The molecule has 5 rings (SSSR count).